The molecule has 0 bridgehead atoms. The van der Waals surface area contributed by atoms with E-state index in [0.717, 1.165) is 11.1 Å². The Morgan fingerprint density at radius 1 is 1.25 bits per heavy atom. The highest BCUT2D eigenvalue weighted by Crippen LogP contribution is 2.21. The highest BCUT2D eigenvalue weighted by molar-refractivity contribution is 7.92. The first kappa shape index (κ1) is 15.4. The van der Waals surface area contributed by atoms with Crippen LogP contribution >= 0.6 is 0 Å². The van der Waals surface area contributed by atoms with E-state index in [2.05, 4.69) is 0 Å². The third kappa shape index (κ3) is 3.03. The number of nitrogens with zero attached hydrogens (tertiary/aromatic N) is 1. The van der Waals surface area contributed by atoms with E-state index >= 15 is 0 Å². The molecule has 0 atom stereocenters. The van der Waals surface area contributed by atoms with E-state index in [1.165, 1.54) is 10.4 Å². The number of nitrogens with two attached hydrogens (primary N) is 1. The van der Waals surface area contributed by atoms with Crippen molar-refractivity contribution in [1.29, 1.82) is 0 Å². The number of sulfonamides is 1. The Morgan fingerprint density at radius 3 is 2.40 bits per heavy atom. The Labute approximate surface area is 119 Å². The van der Waals surface area contributed by atoms with E-state index in [1.54, 1.807) is 12.1 Å². The molecule has 0 spiro atoms. The minimum Gasteiger partial charge on any atom is -0.326 e. The number of hydrogen-bond acceptors (Lipinski definition) is 5. The summed E-state index contributed by atoms with van der Waals surface area (Å²) in [7, 11) is -6.75. The van der Waals surface area contributed by atoms with Crippen LogP contribution in [0.15, 0.2) is 23.1 Å². The maximum absolute atomic E-state index is 12.5. The van der Waals surface area contributed by atoms with Crippen LogP contribution in [0.5, 0.6) is 0 Å². The zero-order valence-electron chi connectivity index (χ0n) is 11.2. The standard InChI is InChI=1S/C12H18N2O4S2/c1-10-2-3-12(8-11(10)9-13)20(17,18)14-4-6-19(15,16)7-5-14/h2-3,8H,4-7,9,13H2,1H3. The third-order valence-corrected chi connectivity index (χ3v) is 6.99. The van der Waals surface area contributed by atoms with Crippen LogP contribution in [0.1, 0.15) is 11.1 Å². The maximum Gasteiger partial charge on any atom is 0.243 e. The van der Waals surface area contributed by atoms with E-state index < -0.39 is 19.9 Å². The second-order valence-electron chi connectivity index (χ2n) is 4.85. The topological polar surface area (TPSA) is 97.5 Å². The van der Waals surface area contributed by atoms with Crippen LogP contribution in [0.25, 0.3) is 0 Å². The van der Waals surface area contributed by atoms with Gasteiger partial charge in [0, 0.05) is 19.6 Å². The lowest BCUT2D eigenvalue weighted by Crippen LogP contribution is -2.43. The zero-order chi connectivity index (χ0) is 15.0. The van der Waals surface area contributed by atoms with Gasteiger partial charge in [0.15, 0.2) is 9.84 Å². The smallest absolute Gasteiger partial charge is 0.243 e. The number of rotatable bonds is 3. The van der Waals surface area contributed by atoms with Crippen LogP contribution in [0.3, 0.4) is 0 Å². The third-order valence-electron chi connectivity index (χ3n) is 3.48. The SMILES string of the molecule is Cc1ccc(S(=O)(=O)N2CCS(=O)(=O)CC2)cc1CN. The van der Waals surface area contributed by atoms with Gasteiger partial charge in [0.1, 0.15) is 0 Å². The molecule has 1 fully saturated rings. The number of benzene rings is 1. The largest absolute Gasteiger partial charge is 0.326 e. The monoisotopic (exact) mass is 318 g/mol. The molecule has 1 aromatic carbocycles. The lowest BCUT2D eigenvalue weighted by atomic mass is 10.1. The van der Waals surface area contributed by atoms with Crippen LogP contribution in [-0.4, -0.2) is 45.7 Å². The highest BCUT2D eigenvalue weighted by atomic mass is 32.2. The molecule has 2 rings (SSSR count). The molecular formula is C12H18N2O4S2. The van der Waals surface area contributed by atoms with Gasteiger partial charge in [-0.05, 0) is 30.2 Å². The molecule has 8 heteroatoms. The first-order valence-corrected chi connectivity index (χ1v) is 9.52. The van der Waals surface area contributed by atoms with Crippen molar-refractivity contribution in [2.24, 2.45) is 5.73 Å². The molecule has 0 amide bonds. The molecule has 0 unspecified atom stereocenters. The number of sulfone groups is 1. The van der Waals surface area contributed by atoms with Crippen LogP contribution in [0, 0.1) is 6.92 Å². The summed E-state index contributed by atoms with van der Waals surface area (Å²) in [6.45, 7) is 2.16. The first-order valence-electron chi connectivity index (χ1n) is 6.26. The Bertz CT molecular complexity index is 697. The van der Waals surface area contributed by atoms with Gasteiger partial charge in [0.2, 0.25) is 10.0 Å². The summed E-state index contributed by atoms with van der Waals surface area (Å²) in [5.74, 6) is -0.246. The molecular weight excluding hydrogens is 300 g/mol. The Balaban J connectivity index is 2.32. The lowest BCUT2D eigenvalue weighted by molar-refractivity contribution is 0.430. The van der Waals surface area contributed by atoms with Gasteiger partial charge in [0.05, 0.1) is 16.4 Å². The molecule has 1 heterocycles. The summed E-state index contributed by atoms with van der Waals surface area (Å²) >= 11 is 0. The van der Waals surface area contributed by atoms with Gasteiger partial charge in [0.25, 0.3) is 0 Å². The fraction of sp³-hybridized carbons (Fsp3) is 0.500. The van der Waals surface area contributed by atoms with Crippen LogP contribution < -0.4 is 5.73 Å². The lowest BCUT2D eigenvalue weighted by Gasteiger charge is -2.26. The van der Waals surface area contributed by atoms with Gasteiger partial charge in [-0.15, -0.1) is 0 Å². The van der Waals surface area contributed by atoms with Crippen LogP contribution in [-0.2, 0) is 26.4 Å². The van der Waals surface area contributed by atoms with E-state index in [-0.39, 0.29) is 36.0 Å². The highest BCUT2D eigenvalue weighted by Gasteiger charge is 2.31. The summed E-state index contributed by atoms with van der Waals surface area (Å²) in [6, 6.07) is 4.82. The van der Waals surface area contributed by atoms with Crippen molar-refractivity contribution in [3.8, 4) is 0 Å². The van der Waals surface area contributed by atoms with Crippen molar-refractivity contribution < 1.29 is 16.8 Å². The predicted molar refractivity (Wildman–Crippen MR) is 76.5 cm³/mol. The molecule has 0 saturated carbocycles. The van der Waals surface area contributed by atoms with Gasteiger partial charge in [-0.2, -0.15) is 4.31 Å². The second-order valence-corrected chi connectivity index (χ2v) is 9.09. The maximum atomic E-state index is 12.5. The molecule has 1 aliphatic heterocycles. The summed E-state index contributed by atoms with van der Waals surface area (Å²) in [6.07, 6.45) is 0. The first-order chi connectivity index (χ1) is 9.26. The van der Waals surface area contributed by atoms with Crippen molar-refractivity contribution >= 4 is 19.9 Å². The van der Waals surface area contributed by atoms with Gasteiger partial charge in [-0.3, -0.25) is 0 Å². The van der Waals surface area contributed by atoms with Crippen LogP contribution in [0.2, 0.25) is 0 Å². The fourth-order valence-electron chi connectivity index (χ4n) is 2.11. The number of hydrogen-bond donors (Lipinski definition) is 1. The predicted octanol–water partition coefficient (Wildman–Crippen LogP) is -0.127. The summed E-state index contributed by atoms with van der Waals surface area (Å²) in [5.41, 5.74) is 7.30. The van der Waals surface area contributed by atoms with Crippen molar-refractivity contribution in [2.45, 2.75) is 18.4 Å². The zero-order valence-corrected chi connectivity index (χ0v) is 12.9. The van der Waals surface area contributed by atoms with Crippen molar-refractivity contribution in [1.82, 2.24) is 4.31 Å². The molecule has 0 aromatic heterocycles. The minimum absolute atomic E-state index is 0.0104. The average Bonchev–Trinajstić information content (AvgIpc) is 2.38. The molecule has 1 aromatic rings. The Hall–Kier alpha value is -0.960. The molecule has 1 saturated heterocycles. The fourth-order valence-corrected chi connectivity index (χ4v) is 5.04. The molecule has 20 heavy (non-hydrogen) atoms. The summed E-state index contributed by atoms with van der Waals surface area (Å²) in [5, 5.41) is 0. The molecule has 112 valence electrons. The molecule has 2 N–H and O–H groups in total. The van der Waals surface area contributed by atoms with Gasteiger partial charge in [-0.25, -0.2) is 16.8 Å². The molecule has 1 aliphatic rings. The van der Waals surface area contributed by atoms with Gasteiger partial charge < -0.3 is 5.73 Å². The van der Waals surface area contributed by atoms with E-state index in [0.29, 0.717) is 0 Å². The Morgan fingerprint density at radius 2 is 1.85 bits per heavy atom. The van der Waals surface area contributed by atoms with E-state index in [1.807, 2.05) is 6.92 Å². The normalized spacial score (nSPS) is 19.9. The number of aryl methyl sites for hydroxylation is 1. The van der Waals surface area contributed by atoms with E-state index in [4.69, 9.17) is 5.73 Å². The molecule has 0 radical (unpaired) electrons. The van der Waals surface area contributed by atoms with Crippen molar-refractivity contribution in [3.05, 3.63) is 29.3 Å². The van der Waals surface area contributed by atoms with Gasteiger partial charge >= 0.3 is 0 Å². The van der Waals surface area contributed by atoms with Crippen molar-refractivity contribution in [3.63, 3.8) is 0 Å². The molecule has 0 aliphatic carbocycles. The van der Waals surface area contributed by atoms with Crippen LogP contribution in [0.4, 0.5) is 0 Å². The Kier molecular flexibility index (Phi) is 4.19. The second kappa shape index (κ2) is 5.44. The summed E-state index contributed by atoms with van der Waals surface area (Å²) < 4.78 is 48.9. The van der Waals surface area contributed by atoms with Crippen molar-refractivity contribution in [2.75, 3.05) is 24.6 Å². The molecule has 6 nitrogen and oxygen atoms in total. The average molecular weight is 318 g/mol. The van der Waals surface area contributed by atoms with Gasteiger partial charge in [-0.1, -0.05) is 6.07 Å². The minimum atomic E-state index is -3.65. The quantitative estimate of drug-likeness (QED) is 0.837. The summed E-state index contributed by atoms with van der Waals surface area (Å²) in [4.78, 5) is 0.169. The van der Waals surface area contributed by atoms with E-state index in [9.17, 15) is 16.8 Å².